The van der Waals surface area contributed by atoms with Crippen molar-refractivity contribution >= 4 is 11.9 Å². The highest BCUT2D eigenvalue weighted by Gasteiger charge is 2.22. The number of carbonyl (C=O) groups excluding carboxylic acids is 1. The number of hydrogen-bond acceptors (Lipinski definition) is 4. The van der Waals surface area contributed by atoms with Gasteiger partial charge in [-0.25, -0.2) is 0 Å². The van der Waals surface area contributed by atoms with E-state index in [4.69, 9.17) is 9.63 Å². The Morgan fingerprint density at radius 1 is 1.53 bits per heavy atom. The van der Waals surface area contributed by atoms with Gasteiger partial charge in [0.1, 0.15) is 5.76 Å². The van der Waals surface area contributed by atoms with Gasteiger partial charge in [0.2, 0.25) is 0 Å². The van der Waals surface area contributed by atoms with E-state index in [0.29, 0.717) is 5.76 Å². The van der Waals surface area contributed by atoms with Gasteiger partial charge in [-0.05, 0) is 20.8 Å². The lowest BCUT2D eigenvalue weighted by molar-refractivity contribution is -0.137. The van der Waals surface area contributed by atoms with Gasteiger partial charge in [-0.15, -0.1) is 0 Å². The molecule has 0 aliphatic rings. The van der Waals surface area contributed by atoms with Crippen molar-refractivity contribution in [1.29, 1.82) is 0 Å². The Morgan fingerprint density at radius 2 is 2.18 bits per heavy atom. The summed E-state index contributed by atoms with van der Waals surface area (Å²) in [5.41, 5.74) is 0.210. The molecule has 0 atom stereocenters. The molecular weight excluding hydrogens is 224 g/mol. The summed E-state index contributed by atoms with van der Waals surface area (Å²) in [5.74, 6) is -0.687. The minimum absolute atomic E-state index is 0.0826. The Kier molecular flexibility index (Phi) is 4.25. The smallest absolute Gasteiger partial charge is 0.305 e. The van der Waals surface area contributed by atoms with Crippen LogP contribution in [0.1, 0.15) is 36.5 Å². The fourth-order valence-corrected chi connectivity index (χ4v) is 1.42. The van der Waals surface area contributed by atoms with E-state index in [2.05, 4.69) is 5.16 Å². The number of carboxylic acids is 1. The van der Waals surface area contributed by atoms with E-state index in [-0.39, 0.29) is 30.6 Å². The van der Waals surface area contributed by atoms with Gasteiger partial charge >= 0.3 is 5.97 Å². The third kappa shape index (κ3) is 3.58. The van der Waals surface area contributed by atoms with E-state index < -0.39 is 5.97 Å². The third-order valence-electron chi connectivity index (χ3n) is 2.30. The average molecular weight is 240 g/mol. The topological polar surface area (TPSA) is 83.6 Å². The lowest BCUT2D eigenvalue weighted by Crippen LogP contribution is -2.38. The normalized spacial score (nSPS) is 10.6. The van der Waals surface area contributed by atoms with Crippen LogP contribution in [0.25, 0.3) is 0 Å². The van der Waals surface area contributed by atoms with Gasteiger partial charge < -0.3 is 14.5 Å². The molecule has 0 bridgehead atoms. The lowest BCUT2D eigenvalue weighted by Gasteiger charge is -2.24. The van der Waals surface area contributed by atoms with Crippen molar-refractivity contribution in [3.05, 3.63) is 17.5 Å². The predicted molar refractivity (Wildman–Crippen MR) is 59.7 cm³/mol. The number of carboxylic acid groups (broad SMARTS) is 1. The molecule has 0 saturated heterocycles. The highest BCUT2D eigenvalue weighted by atomic mass is 16.5. The van der Waals surface area contributed by atoms with Crippen molar-refractivity contribution in [2.75, 3.05) is 6.54 Å². The molecule has 1 aromatic rings. The maximum absolute atomic E-state index is 12.0. The number of amides is 1. The molecule has 6 heteroatoms. The molecule has 17 heavy (non-hydrogen) atoms. The van der Waals surface area contributed by atoms with Crippen molar-refractivity contribution in [2.45, 2.75) is 33.2 Å². The zero-order chi connectivity index (χ0) is 13.0. The standard InChI is InChI=1S/C11H16N2O4/c1-7(2)13(5-4-10(14)15)11(16)9-6-8(3)17-12-9/h6-7H,4-5H2,1-3H3,(H,14,15). The zero-order valence-corrected chi connectivity index (χ0v) is 10.1. The SMILES string of the molecule is Cc1cc(C(=O)N(CCC(=O)O)C(C)C)no1. The Bertz CT molecular complexity index is 411. The first-order chi connectivity index (χ1) is 7.91. The van der Waals surface area contributed by atoms with Gasteiger partial charge in [0.15, 0.2) is 5.69 Å². The molecule has 0 spiro atoms. The van der Waals surface area contributed by atoms with E-state index in [9.17, 15) is 9.59 Å². The molecule has 0 aliphatic carbocycles. The van der Waals surface area contributed by atoms with Crippen LogP contribution in [0.5, 0.6) is 0 Å². The molecule has 6 nitrogen and oxygen atoms in total. The summed E-state index contributed by atoms with van der Waals surface area (Å²) >= 11 is 0. The fourth-order valence-electron chi connectivity index (χ4n) is 1.42. The second-order valence-electron chi connectivity index (χ2n) is 4.06. The molecule has 1 rings (SSSR count). The molecule has 0 fully saturated rings. The molecule has 1 aromatic heterocycles. The number of nitrogens with zero attached hydrogens (tertiary/aromatic N) is 2. The van der Waals surface area contributed by atoms with Crippen LogP contribution in [-0.4, -0.2) is 39.6 Å². The summed E-state index contributed by atoms with van der Waals surface area (Å²) in [7, 11) is 0. The van der Waals surface area contributed by atoms with Gasteiger partial charge in [0.25, 0.3) is 5.91 Å². The molecule has 0 radical (unpaired) electrons. The van der Waals surface area contributed by atoms with Gasteiger partial charge in [-0.1, -0.05) is 5.16 Å². The van der Waals surface area contributed by atoms with Crippen LogP contribution >= 0.6 is 0 Å². The Labute approximate surface area is 99.2 Å². The molecule has 0 aromatic carbocycles. The largest absolute Gasteiger partial charge is 0.481 e. The minimum atomic E-state index is -0.931. The van der Waals surface area contributed by atoms with Crippen LogP contribution in [0.15, 0.2) is 10.6 Å². The van der Waals surface area contributed by atoms with Crippen molar-refractivity contribution in [3.63, 3.8) is 0 Å². The maximum atomic E-state index is 12.0. The molecular formula is C11H16N2O4. The second-order valence-corrected chi connectivity index (χ2v) is 4.06. The monoisotopic (exact) mass is 240 g/mol. The number of aromatic nitrogens is 1. The molecule has 0 aliphatic heterocycles. The summed E-state index contributed by atoms with van der Waals surface area (Å²) in [5, 5.41) is 12.3. The van der Waals surface area contributed by atoms with Crippen LogP contribution in [-0.2, 0) is 4.79 Å². The van der Waals surface area contributed by atoms with Gasteiger partial charge in [0.05, 0.1) is 6.42 Å². The molecule has 94 valence electrons. The first-order valence-corrected chi connectivity index (χ1v) is 5.38. The van der Waals surface area contributed by atoms with E-state index in [0.717, 1.165) is 0 Å². The van der Waals surface area contributed by atoms with Crippen molar-refractivity contribution in [1.82, 2.24) is 10.1 Å². The van der Waals surface area contributed by atoms with Gasteiger partial charge in [0, 0.05) is 18.7 Å². The highest BCUT2D eigenvalue weighted by Crippen LogP contribution is 2.09. The quantitative estimate of drug-likeness (QED) is 0.838. The summed E-state index contributed by atoms with van der Waals surface area (Å²) in [6.45, 7) is 5.51. The fraction of sp³-hybridized carbons (Fsp3) is 0.545. The highest BCUT2D eigenvalue weighted by molar-refractivity contribution is 5.92. The van der Waals surface area contributed by atoms with Crippen LogP contribution in [0, 0.1) is 6.92 Å². The summed E-state index contributed by atoms with van der Waals surface area (Å²) < 4.78 is 4.83. The second kappa shape index (κ2) is 5.47. The number of aliphatic carboxylic acids is 1. The lowest BCUT2D eigenvalue weighted by atomic mass is 10.2. The molecule has 1 heterocycles. The molecule has 0 saturated carbocycles. The summed E-state index contributed by atoms with van der Waals surface area (Å²) in [4.78, 5) is 24.0. The number of hydrogen-bond donors (Lipinski definition) is 1. The third-order valence-corrected chi connectivity index (χ3v) is 2.30. The van der Waals surface area contributed by atoms with E-state index >= 15 is 0 Å². The first-order valence-electron chi connectivity index (χ1n) is 5.38. The Morgan fingerprint density at radius 3 is 2.59 bits per heavy atom. The molecule has 0 unspecified atom stereocenters. The summed E-state index contributed by atoms with van der Waals surface area (Å²) in [6.07, 6.45) is -0.0826. The van der Waals surface area contributed by atoms with Crippen LogP contribution in [0.4, 0.5) is 0 Å². The maximum Gasteiger partial charge on any atom is 0.305 e. The zero-order valence-electron chi connectivity index (χ0n) is 10.1. The van der Waals surface area contributed by atoms with E-state index in [1.165, 1.54) is 4.90 Å². The first kappa shape index (κ1) is 13.2. The van der Waals surface area contributed by atoms with E-state index in [1.54, 1.807) is 13.0 Å². The van der Waals surface area contributed by atoms with Crippen LogP contribution in [0.3, 0.4) is 0 Å². The number of rotatable bonds is 5. The van der Waals surface area contributed by atoms with Crippen LogP contribution < -0.4 is 0 Å². The number of aryl methyl sites for hydroxylation is 1. The predicted octanol–water partition coefficient (Wildman–Crippen LogP) is 1.31. The average Bonchev–Trinajstić information content (AvgIpc) is 2.63. The molecule has 1 N–H and O–H groups in total. The van der Waals surface area contributed by atoms with Gasteiger partial charge in [-0.2, -0.15) is 0 Å². The van der Waals surface area contributed by atoms with Gasteiger partial charge in [-0.3, -0.25) is 9.59 Å². The van der Waals surface area contributed by atoms with Crippen molar-refractivity contribution in [3.8, 4) is 0 Å². The van der Waals surface area contributed by atoms with Crippen LogP contribution in [0.2, 0.25) is 0 Å². The molecule has 1 amide bonds. The summed E-state index contributed by atoms with van der Waals surface area (Å²) in [6, 6.07) is 1.46. The minimum Gasteiger partial charge on any atom is -0.481 e. The van der Waals surface area contributed by atoms with Crippen molar-refractivity contribution < 1.29 is 19.2 Å². The Hall–Kier alpha value is -1.85. The van der Waals surface area contributed by atoms with E-state index in [1.807, 2.05) is 13.8 Å². The Balaban J connectivity index is 2.77. The number of carbonyl (C=O) groups is 2. The van der Waals surface area contributed by atoms with Crippen molar-refractivity contribution in [2.24, 2.45) is 0 Å².